The monoisotopic (exact) mass is 333 g/mol. The molecule has 2 aromatic carbocycles. The molecular formula is C17H20BrNO. The Morgan fingerprint density at radius 1 is 1.10 bits per heavy atom. The molecule has 2 aromatic rings. The van der Waals surface area contributed by atoms with Crippen LogP contribution in [-0.4, -0.2) is 0 Å². The number of anilines is 1. The molecule has 0 aliphatic carbocycles. The van der Waals surface area contributed by atoms with Crippen molar-refractivity contribution in [1.82, 2.24) is 0 Å². The average molecular weight is 334 g/mol. The predicted octanol–water partition coefficient (Wildman–Crippen LogP) is 4.91. The molecule has 0 saturated carbocycles. The lowest BCUT2D eigenvalue weighted by Crippen LogP contribution is -2.13. The van der Waals surface area contributed by atoms with Gasteiger partial charge in [-0.3, -0.25) is 0 Å². The molecule has 0 saturated heterocycles. The zero-order valence-corrected chi connectivity index (χ0v) is 13.7. The molecule has 0 aliphatic rings. The molecule has 0 fully saturated rings. The van der Waals surface area contributed by atoms with Gasteiger partial charge in [0, 0.05) is 15.7 Å². The number of ether oxygens (including phenoxy) is 1. The van der Waals surface area contributed by atoms with Crippen LogP contribution in [0.25, 0.3) is 0 Å². The number of nitrogens with two attached hydrogens (primary N) is 1. The van der Waals surface area contributed by atoms with Crippen molar-refractivity contribution in [2.75, 3.05) is 5.73 Å². The summed E-state index contributed by atoms with van der Waals surface area (Å²) in [7, 11) is 0. The van der Waals surface area contributed by atoms with Gasteiger partial charge in [-0.05, 0) is 29.2 Å². The van der Waals surface area contributed by atoms with Gasteiger partial charge in [-0.25, -0.2) is 0 Å². The molecule has 0 unspecified atom stereocenters. The van der Waals surface area contributed by atoms with Crippen molar-refractivity contribution in [3.63, 3.8) is 0 Å². The lowest BCUT2D eigenvalue weighted by molar-refractivity contribution is 0.297. The summed E-state index contributed by atoms with van der Waals surface area (Å²) in [6.45, 7) is 7.09. The summed E-state index contributed by atoms with van der Waals surface area (Å²) < 4.78 is 6.98. The zero-order valence-electron chi connectivity index (χ0n) is 12.1. The Labute approximate surface area is 129 Å². The number of para-hydroxylation sites is 1. The fourth-order valence-electron chi connectivity index (χ4n) is 2.05. The first-order chi connectivity index (χ1) is 9.38. The first-order valence-corrected chi connectivity index (χ1v) is 7.43. The minimum atomic E-state index is 0.0644. The fraction of sp³-hybridized carbons (Fsp3) is 0.294. The highest BCUT2D eigenvalue weighted by atomic mass is 79.9. The highest BCUT2D eigenvalue weighted by Gasteiger charge is 2.18. The third-order valence-electron chi connectivity index (χ3n) is 3.16. The molecular weight excluding hydrogens is 314 g/mol. The molecule has 2 N–H and O–H groups in total. The van der Waals surface area contributed by atoms with E-state index in [1.54, 1.807) is 0 Å². The third-order valence-corrected chi connectivity index (χ3v) is 3.89. The molecule has 20 heavy (non-hydrogen) atoms. The molecule has 0 atom stereocenters. The smallest absolute Gasteiger partial charge is 0.123 e. The maximum atomic E-state index is 6.00. The normalized spacial score (nSPS) is 11.4. The summed E-state index contributed by atoms with van der Waals surface area (Å²) in [4.78, 5) is 0. The number of nitrogen functional groups attached to an aromatic ring is 1. The van der Waals surface area contributed by atoms with Crippen molar-refractivity contribution < 1.29 is 4.74 Å². The standard InChI is InChI=1S/C17H20BrNO/c1-17(2,3)14-6-4-5-7-16(14)20-11-12-8-9-13(19)10-15(12)18/h4-10H,11,19H2,1-3H3. The minimum absolute atomic E-state index is 0.0644. The predicted molar refractivity (Wildman–Crippen MR) is 88.0 cm³/mol. The molecule has 106 valence electrons. The Morgan fingerprint density at radius 3 is 2.45 bits per heavy atom. The van der Waals surface area contributed by atoms with Crippen LogP contribution in [0.2, 0.25) is 0 Å². The molecule has 3 heteroatoms. The van der Waals surface area contributed by atoms with Gasteiger partial charge in [0.25, 0.3) is 0 Å². The number of hydrogen-bond acceptors (Lipinski definition) is 2. The van der Waals surface area contributed by atoms with E-state index in [0.29, 0.717) is 6.61 Å². The van der Waals surface area contributed by atoms with Crippen molar-refractivity contribution >= 4 is 21.6 Å². The minimum Gasteiger partial charge on any atom is -0.489 e. The van der Waals surface area contributed by atoms with Crippen molar-refractivity contribution in [2.24, 2.45) is 0 Å². The van der Waals surface area contributed by atoms with E-state index in [2.05, 4.69) is 42.8 Å². The van der Waals surface area contributed by atoms with E-state index in [0.717, 1.165) is 21.5 Å². The van der Waals surface area contributed by atoms with E-state index < -0.39 is 0 Å². The van der Waals surface area contributed by atoms with Crippen LogP contribution in [0.3, 0.4) is 0 Å². The van der Waals surface area contributed by atoms with E-state index in [1.807, 2.05) is 36.4 Å². The Balaban J connectivity index is 2.19. The van der Waals surface area contributed by atoms with Crippen LogP contribution in [0, 0.1) is 0 Å². The van der Waals surface area contributed by atoms with Gasteiger partial charge in [0.1, 0.15) is 12.4 Å². The SMILES string of the molecule is CC(C)(C)c1ccccc1OCc1ccc(N)cc1Br. The van der Waals surface area contributed by atoms with Gasteiger partial charge in [0.2, 0.25) is 0 Å². The summed E-state index contributed by atoms with van der Waals surface area (Å²) >= 11 is 3.52. The van der Waals surface area contributed by atoms with Crippen molar-refractivity contribution in [1.29, 1.82) is 0 Å². The van der Waals surface area contributed by atoms with Gasteiger partial charge < -0.3 is 10.5 Å². The molecule has 0 bridgehead atoms. The summed E-state index contributed by atoms with van der Waals surface area (Å²) in [6.07, 6.45) is 0. The maximum absolute atomic E-state index is 6.00. The van der Waals surface area contributed by atoms with Gasteiger partial charge in [-0.15, -0.1) is 0 Å². The van der Waals surface area contributed by atoms with E-state index >= 15 is 0 Å². The van der Waals surface area contributed by atoms with Crippen LogP contribution in [0.5, 0.6) is 5.75 Å². The highest BCUT2D eigenvalue weighted by molar-refractivity contribution is 9.10. The van der Waals surface area contributed by atoms with Gasteiger partial charge >= 0.3 is 0 Å². The first kappa shape index (κ1) is 14.9. The molecule has 0 aliphatic heterocycles. The summed E-state index contributed by atoms with van der Waals surface area (Å²) in [5.74, 6) is 0.934. The van der Waals surface area contributed by atoms with E-state index in [-0.39, 0.29) is 5.41 Å². The number of hydrogen-bond donors (Lipinski definition) is 1. The Hall–Kier alpha value is -1.48. The van der Waals surface area contributed by atoms with Crippen LogP contribution >= 0.6 is 15.9 Å². The van der Waals surface area contributed by atoms with Crippen LogP contribution in [0.4, 0.5) is 5.69 Å². The lowest BCUT2D eigenvalue weighted by atomic mass is 9.86. The van der Waals surface area contributed by atoms with Crippen LogP contribution in [0.15, 0.2) is 46.9 Å². The van der Waals surface area contributed by atoms with Gasteiger partial charge in [0.05, 0.1) is 0 Å². The summed E-state index contributed by atoms with van der Waals surface area (Å²) in [5, 5.41) is 0. The molecule has 0 aromatic heterocycles. The van der Waals surface area contributed by atoms with Gasteiger partial charge in [0.15, 0.2) is 0 Å². The molecule has 0 heterocycles. The van der Waals surface area contributed by atoms with Crippen molar-refractivity contribution in [3.05, 3.63) is 58.1 Å². The van der Waals surface area contributed by atoms with Gasteiger partial charge in [-0.1, -0.05) is 61.0 Å². The fourth-order valence-corrected chi connectivity index (χ4v) is 2.56. The Kier molecular flexibility index (Phi) is 4.39. The Bertz CT molecular complexity index is 602. The number of benzene rings is 2. The van der Waals surface area contributed by atoms with E-state index in [9.17, 15) is 0 Å². The largest absolute Gasteiger partial charge is 0.489 e. The maximum Gasteiger partial charge on any atom is 0.123 e. The van der Waals surface area contributed by atoms with Crippen LogP contribution in [0.1, 0.15) is 31.9 Å². The first-order valence-electron chi connectivity index (χ1n) is 6.64. The molecule has 2 rings (SSSR count). The van der Waals surface area contributed by atoms with Crippen molar-refractivity contribution in [3.8, 4) is 5.75 Å². The Morgan fingerprint density at radius 2 is 1.80 bits per heavy atom. The van der Waals surface area contributed by atoms with Crippen LogP contribution in [-0.2, 0) is 12.0 Å². The quantitative estimate of drug-likeness (QED) is 0.810. The highest BCUT2D eigenvalue weighted by Crippen LogP contribution is 2.32. The topological polar surface area (TPSA) is 35.2 Å². The van der Waals surface area contributed by atoms with Crippen molar-refractivity contribution in [2.45, 2.75) is 32.8 Å². The second-order valence-corrected chi connectivity index (χ2v) is 6.74. The lowest BCUT2D eigenvalue weighted by Gasteiger charge is -2.22. The summed E-state index contributed by atoms with van der Waals surface area (Å²) in [5.41, 5.74) is 8.86. The van der Waals surface area contributed by atoms with E-state index in [1.165, 1.54) is 5.56 Å². The average Bonchev–Trinajstić information content (AvgIpc) is 2.37. The second-order valence-electron chi connectivity index (χ2n) is 5.89. The second kappa shape index (κ2) is 5.88. The zero-order chi connectivity index (χ0) is 14.8. The molecule has 0 amide bonds. The third kappa shape index (κ3) is 3.54. The number of rotatable bonds is 3. The van der Waals surface area contributed by atoms with E-state index in [4.69, 9.17) is 10.5 Å². The molecule has 2 nitrogen and oxygen atoms in total. The molecule has 0 radical (unpaired) electrons. The number of halogens is 1. The van der Waals surface area contributed by atoms with Crippen LogP contribution < -0.4 is 10.5 Å². The molecule has 0 spiro atoms. The van der Waals surface area contributed by atoms with Gasteiger partial charge in [-0.2, -0.15) is 0 Å². The summed E-state index contributed by atoms with van der Waals surface area (Å²) in [6, 6.07) is 14.0.